The number of amides is 3. The van der Waals surface area contributed by atoms with Crippen molar-refractivity contribution >= 4 is 23.4 Å². The molecule has 0 radical (unpaired) electrons. The third kappa shape index (κ3) is 8.41. The van der Waals surface area contributed by atoms with Crippen molar-refractivity contribution in [3.63, 3.8) is 0 Å². The molecule has 6 heteroatoms. The number of benzene rings is 3. The molecule has 0 fully saturated rings. The van der Waals surface area contributed by atoms with Gasteiger partial charge in [0.25, 0.3) is 5.91 Å². The lowest BCUT2D eigenvalue weighted by molar-refractivity contribution is -0.124. The monoisotopic (exact) mass is 471 g/mol. The van der Waals surface area contributed by atoms with Crippen molar-refractivity contribution in [2.45, 2.75) is 39.7 Å². The number of aryl methyl sites for hydroxylation is 2. The Hall–Kier alpha value is -3.93. The van der Waals surface area contributed by atoms with Crippen molar-refractivity contribution < 1.29 is 14.4 Å². The van der Waals surface area contributed by atoms with Crippen molar-refractivity contribution in [1.29, 1.82) is 0 Å². The van der Waals surface area contributed by atoms with Gasteiger partial charge in [-0.2, -0.15) is 0 Å². The predicted octanol–water partition coefficient (Wildman–Crippen LogP) is 4.73. The standard InChI is InChI=1S/C29H33N3O3/c1-3-4-10-23-14-16-25(17-15-23)29(35)32(20-24-11-6-5-7-12-24)21-28(34)30-19-27(33)31-26-13-8-9-22(2)18-26/h5-9,11-18H,3-4,10,19-21H2,1-2H3,(H,30,34)(H,31,33). The van der Waals surface area contributed by atoms with E-state index in [1.54, 1.807) is 6.07 Å². The van der Waals surface area contributed by atoms with E-state index in [1.165, 1.54) is 10.5 Å². The molecular formula is C29H33N3O3. The molecule has 0 atom stereocenters. The summed E-state index contributed by atoms with van der Waals surface area (Å²) in [7, 11) is 0. The van der Waals surface area contributed by atoms with Gasteiger partial charge in [0.05, 0.1) is 6.54 Å². The average molecular weight is 472 g/mol. The molecule has 0 aliphatic heterocycles. The van der Waals surface area contributed by atoms with Gasteiger partial charge < -0.3 is 15.5 Å². The van der Waals surface area contributed by atoms with Crippen molar-refractivity contribution in [2.75, 3.05) is 18.4 Å². The zero-order valence-electron chi connectivity index (χ0n) is 20.4. The second-order valence-corrected chi connectivity index (χ2v) is 8.64. The molecule has 0 unspecified atom stereocenters. The van der Waals surface area contributed by atoms with E-state index in [-0.39, 0.29) is 24.9 Å². The maximum absolute atomic E-state index is 13.3. The Morgan fingerprint density at radius 1 is 0.829 bits per heavy atom. The first-order valence-electron chi connectivity index (χ1n) is 12.0. The SMILES string of the molecule is CCCCc1ccc(C(=O)N(CC(=O)NCC(=O)Nc2cccc(C)c2)Cc2ccccc2)cc1. The molecule has 6 nitrogen and oxygen atoms in total. The maximum Gasteiger partial charge on any atom is 0.254 e. The van der Waals surface area contributed by atoms with Gasteiger partial charge in [0.2, 0.25) is 11.8 Å². The van der Waals surface area contributed by atoms with Crippen LogP contribution in [-0.4, -0.2) is 35.7 Å². The van der Waals surface area contributed by atoms with E-state index in [1.807, 2.05) is 79.7 Å². The molecule has 3 aromatic carbocycles. The molecule has 182 valence electrons. The Morgan fingerprint density at radius 2 is 1.57 bits per heavy atom. The molecule has 0 saturated heterocycles. The first-order chi connectivity index (χ1) is 16.9. The van der Waals surface area contributed by atoms with Gasteiger partial charge in [-0.3, -0.25) is 14.4 Å². The predicted molar refractivity (Wildman–Crippen MR) is 139 cm³/mol. The van der Waals surface area contributed by atoms with Crippen molar-refractivity contribution in [2.24, 2.45) is 0 Å². The summed E-state index contributed by atoms with van der Waals surface area (Å²) in [4.78, 5) is 39.7. The van der Waals surface area contributed by atoms with Gasteiger partial charge in [-0.25, -0.2) is 0 Å². The molecule has 3 aromatic rings. The summed E-state index contributed by atoms with van der Waals surface area (Å²) in [6.07, 6.45) is 3.19. The Bertz CT molecular complexity index is 1130. The number of carbonyl (C=O) groups excluding carboxylic acids is 3. The summed E-state index contributed by atoms with van der Waals surface area (Å²) in [5.74, 6) is -0.948. The number of hydrogen-bond donors (Lipinski definition) is 2. The van der Waals surface area contributed by atoms with Crippen molar-refractivity contribution in [1.82, 2.24) is 10.2 Å². The largest absolute Gasteiger partial charge is 0.345 e. The minimum absolute atomic E-state index is 0.150. The molecule has 3 amide bonds. The van der Waals surface area contributed by atoms with Gasteiger partial charge in [-0.15, -0.1) is 0 Å². The van der Waals surface area contributed by atoms with Crippen LogP contribution in [0.15, 0.2) is 78.9 Å². The summed E-state index contributed by atoms with van der Waals surface area (Å²) in [6.45, 7) is 4.06. The summed E-state index contributed by atoms with van der Waals surface area (Å²) in [5, 5.41) is 5.39. The minimum Gasteiger partial charge on any atom is -0.345 e. The molecule has 0 aliphatic carbocycles. The van der Waals surface area contributed by atoms with Crippen molar-refractivity contribution in [3.8, 4) is 0 Å². The first kappa shape index (κ1) is 25.7. The highest BCUT2D eigenvalue weighted by Crippen LogP contribution is 2.13. The van der Waals surface area contributed by atoms with Crippen LogP contribution in [0.3, 0.4) is 0 Å². The van der Waals surface area contributed by atoms with Crippen LogP contribution in [0, 0.1) is 6.92 Å². The quantitative estimate of drug-likeness (QED) is 0.424. The van der Waals surface area contributed by atoms with Crippen LogP contribution < -0.4 is 10.6 Å². The van der Waals surface area contributed by atoms with Gasteiger partial charge >= 0.3 is 0 Å². The fourth-order valence-corrected chi connectivity index (χ4v) is 3.72. The van der Waals surface area contributed by atoms with E-state index < -0.39 is 5.91 Å². The average Bonchev–Trinajstić information content (AvgIpc) is 2.86. The third-order valence-corrected chi connectivity index (χ3v) is 5.61. The second-order valence-electron chi connectivity index (χ2n) is 8.64. The zero-order chi connectivity index (χ0) is 25.0. The van der Waals surface area contributed by atoms with Gasteiger partial charge in [0, 0.05) is 17.8 Å². The smallest absolute Gasteiger partial charge is 0.254 e. The van der Waals surface area contributed by atoms with E-state index in [0.29, 0.717) is 17.8 Å². The van der Waals surface area contributed by atoms with Gasteiger partial charge in [0.1, 0.15) is 6.54 Å². The highest BCUT2D eigenvalue weighted by Gasteiger charge is 2.20. The minimum atomic E-state index is -0.395. The molecule has 3 rings (SSSR count). The molecule has 0 saturated carbocycles. The lowest BCUT2D eigenvalue weighted by Gasteiger charge is -2.22. The number of nitrogens with one attached hydrogen (secondary N) is 2. The Morgan fingerprint density at radius 3 is 2.26 bits per heavy atom. The second kappa shape index (κ2) is 13.1. The zero-order valence-corrected chi connectivity index (χ0v) is 20.4. The third-order valence-electron chi connectivity index (χ3n) is 5.61. The molecular weight excluding hydrogens is 438 g/mol. The fourth-order valence-electron chi connectivity index (χ4n) is 3.72. The maximum atomic E-state index is 13.3. The Labute approximate surface area is 207 Å². The fraction of sp³-hybridized carbons (Fsp3) is 0.276. The van der Waals surface area contributed by atoms with E-state index in [0.717, 1.165) is 30.4 Å². The highest BCUT2D eigenvalue weighted by molar-refractivity contribution is 5.98. The molecule has 35 heavy (non-hydrogen) atoms. The number of nitrogens with zero attached hydrogens (tertiary/aromatic N) is 1. The van der Waals surface area contributed by atoms with Crippen LogP contribution in [0.4, 0.5) is 5.69 Å². The molecule has 2 N–H and O–H groups in total. The van der Waals surface area contributed by atoms with Gasteiger partial charge in [-0.05, 0) is 60.7 Å². The van der Waals surface area contributed by atoms with Crippen LogP contribution in [0.1, 0.15) is 46.8 Å². The van der Waals surface area contributed by atoms with Crippen LogP contribution in [0.25, 0.3) is 0 Å². The summed E-state index contributed by atoms with van der Waals surface area (Å²) in [6, 6.07) is 24.6. The van der Waals surface area contributed by atoms with Crippen LogP contribution in [0.2, 0.25) is 0 Å². The lowest BCUT2D eigenvalue weighted by atomic mass is 10.1. The Balaban J connectivity index is 1.63. The summed E-state index contributed by atoms with van der Waals surface area (Å²) < 4.78 is 0. The van der Waals surface area contributed by atoms with E-state index >= 15 is 0 Å². The van der Waals surface area contributed by atoms with Gasteiger partial charge in [0.15, 0.2) is 0 Å². The van der Waals surface area contributed by atoms with Crippen molar-refractivity contribution in [3.05, 3.63) is 101 Å². The Kier molecular flexibility index (Phi) is 9.60. The number of unbranched alkanes of at least 4 members (excludes halogenated alkanes) is 1. The van der Waals surface area contributed by atoms with Gasteiger partial charge in [-0.1, -0.05) is 67.9 Å². The number of hydrogen-bond acceptors (Lipinski definition) is 3. The number of rotatable bonds is 11. The summed E-state index contributed by atoms with van der Waals surface area (Å²) in [5.41, 5.74) is 4.35. The number of anilines is 1. The van der Waals surface area contributed by atoms with E-state index in [9.17, 15) is 14.4 Å². The van der Waals surface area contributed by atoms with Crippen LogP contribution >= 0.6 is 0 Å². The van der Waals surface area contributed by atoms with Crippen LogP contribution in [0.5, 0.6) is 0 Å². The normalized spacial score (nSPS) is 10.5. The van der Waals surface area contributed by atoms with Crippen LogP contribution in [-0.2, 0) is 22.6 Å². The molecule has 0 spiro atoms. The number of carbonyl (C=O) groups is 3. The first-order valence-corrected chi connectivity index (χ1v) is 12.0. The molecule has 0 aromatic heterocycles. The topological polar surface area (TPSA) is 78.5 Å². The lowest BCUT2D eigenvalue weighted by Crippen LogP contribution is -2.42. The molecule has 0 heterocycles. The summed E-state index contributed by atoms with van der Waals surface area (Å²) >= 11 is 0. The van der Waals surface area contributed by atoms with E-state index in [4.69, 9.17) is 0 Å². The van der Waals surface area contributed by atoms with E-state index in [2.05, 4.69) is 17.6 Å². The highest BCUT2D eigenvalue weighted by atomic mass is 16.2. The molecule has 0 aliphatic rings. The molecule has 0 bridgehead atoms.